The van der Waals surface area contributed by atoms with Crippen molar-refractivity contribution in [2.45, 2.75) is 39.3 Å². The van der Waals surface area contributed by atoms with Gasteiger partial charge in [0.15, 0.2) is 5.82 Å². The normalized spacial score (nSPS) is 11.9. The molecular formula is C14H18F2N4O. The van der Waals surface area contributed by atoms with Crippen LogP contribution in [0.5, 0.6) is 0 Å². The van der Waals surface area contributed by atoms with Gasteiger partial charge in [-0.1, -0.05) is 0 Å². The van der Waals surface area contributed by atoms with Crippen LogP contribution in [-0.2, 0) is 11.3 Å². The fourth-order valence-corrected chi connectivity index (χ4v) is 2.10. The standard InChI is InChI=1S/C14H18F2N4O/c1-14(2,3)19-11(21)4-5-20-10-7-8(15)6-9(16)12(10)18-13(20)17/h6-7H,4-5H2,1-3H3,(H2,17,18)(H,19,21). The van der Waals surface area contributed by atoms with E-state index < -0.39 is 11.6 Å². The second kappa shape index (κ2) is 5.31. The fraction of sp³-hybridized carbons (Fsp3) is 0.429. The van der Waals surface area contributed by atoms with Gasteiger partial charge < -0.3 is 15.6 Å². The molecule has 21 heavy (non-hydrogen) atoms. The molecule has 114 valence electrons. The Kier molecular flexibility index (Phi) is 3.85. The number of anilines is 1. The van der Waals surface area contributed by atoms with Gasteiger partial charge in [-0.15, -0.1) is 0 Å². The molecule has 1 amide bonds. The summed E-state index contributed by atoms with van der Waals surface area (Å²) in [5.41, 5.74) is 5.63. The Labute approximate surface area is 121 Å². The average molecular weight is 296 g/mol. The smallest absolute Gasteiger partial charge is 0.222 e. The Balaban J connectivity index is 2.23. The molecule has 0 aliphatic heterocycles. The van der Waals surface area contributed by atoms with Gasteiger partial charge in [-0.05, 0) is 20.8 Å². The number of hydrogen-bond donors (Lipinski definition) is 2. The third-order valence-corrected chi connectivity index (χ3v) is 2.88. The number of aromatic nitrogens is 2. The molecule has 0 aliphatic rings. The molecule has 0 aliphatic carbocycles. The van der Waals surface area contributed by atoms with Crippen LogP contribution in [0.4, 0.5) is 14.7 Å². The number of imidazole rings is 1. The molecule has 2 aromatic rings. The van der Waals surface area contributed by atoms with E-state index in [2.05, 4.69) is 10.3 Å². The summed E-state index contributed by atoms with van der Waals surface area (Å²) in [6.07, 6.45) is 0.144. The van der Waals surface area contributed by atoms with Crippen molar-refractivity contribution in [3.63, 3.8) is 0 Å². The van der Waals surface area contributed by atoms with Gasteiger partial charge >= 0.3 is 0 Å². The molecule has 1 aromatic carbocycles. The highest BCUT2D eigenvalue weighted by atomic mass is 19.1. The molecule has 3 N–H and O–H groups in total. The molecule has 0 unspecified atom stereocenters. The number of nitrogen functional groups attached to an aromatic ring is 1. The van der Waals surface area contributed by atoms with E-state index in [1.165, 1.54) is 4.57 Å². The van der Waals surface area contributed by atoms with Crippen LogP contribution in [0.3, 0.4) is 0 Å². The molecule has 0 saturated carbocycles. The lowest BCUT2D eigenvalue weighted by Crippen LogP contribution is -2.40. The van der Waals surface area contributed by atoms with Crippen LogP contribution < -0.4 is 11.1 Å². The monoisotopic (exact) mass is 296 g/mol. The number of carbonyl (C=O) groups is 1. The topological polar surface area (TPSA) is 72.9 Å². The molecule has 1 heterocycles. The predicted molar refractivity (Wildman–Crippen MR) is 76.6 cm³/mol. The highest BCUT2D eigenvalue weighted by molar-refractivity contribution is 5.80. The molecule has 2 rings (SSSR count). The minimum atomic E-state index is -0.769. The highest BCUT2D eigenvalue weighted by Crippen LogP contribution is 2.22. The molecule has 0 fully saturated rings. The SMILES string of the molecule is CC(C)(C)NC(=O)CCn1c(N)nc2c(F)cc(F)cc21. The zero-order valence-corrected chi connectivity index (χ0v) is 12.2. The largest absolute Gasteiger partial charge is 0.369 e. The van der Waals surface area contributed by atoms with Crippen LogP contribution in [0.25, 0.3) is 11.0 Å². The van der Waals surface area contributed by atoms with E-state index in [9.17, 15) is 13.6 Å². The van der Waals surface area contributed by atoms with Gasteiger partial charge in [0.25, 0.3) is 0 Å². The minimum absolute atomic E-state index is 0.00475. The Morgan fingerprint density at radius 2 is 2.05 bits per heavy atom. The number of halogens is 2. The zero-order valence-electron chi connectivity index (χ0n) is 12.2. The van der Waals surface area contributed by atoms with Crippen LogP contribution in [0.2, 0.25) is 0 Å². The van der Waals surface area contributed by atoms with E-state index in [0.29, 0.717) is 0 Å². The number of amides is 1. The first kappa shape index (κ1) is 15.2. The number of nitrogens with two attached hydrogens (primary N) is 1. The third-order valence-electron chi connectivity index (χ3n) is 2.88. The number of nitrogens with zero attached hydrogens (tertiary/aromatic N) is 2. The Hall–Kier alpha value is -2.18. The lowest BCUT2D eigenvalue weighted by Gasteiger charge is -2.20. The second-order valence-electron chi connectivity index (χ2n) is 5.93. The van der Waals surface area contributed by atoms with Crippen LogP contribution in [0, 0.1) is 11.6 Å². The summed E-state index contributed by atoms with van der Waals surface area (Å²) in [7, 11) is 0. The van der Waals surface area contributed by atoms with E-state index in [1.807, 2.05) is 20.8 Å². The van der Waals surface area contributed by atoms with Gasteiger partial charge in [0.2, 0.25) is 11.9 Å². The number of aryl methyl sites for hydroxylation is 1. The second-order valence-corrected chi connectivity index (χ2v) is 5.93. The molecule has 7 heteroatoms. The van der Waals surface area contributed by atoms with Crippen molar-refractivity contribution in [2.75, 3.05) is 5.73 Å². The van der Waals surface area contributed by atoms with Crippen molar-refractivity contribution in [2.24, 2.45) is 0 Å². The average Bonchev–Trinajstić information content (AvgIpc) is 2.61. The van der Waals surface area contributed by atoms with Crippen molar-refractivity contribution in [3.05, 3.63) is 23.8 Å². The summed E-state index contributed by atoms with van der Waals surface area (Å²) in [4.78, 5) is 15.7. The summed E-state index contributed by atoms with van der Waals surface area (Å²) < 4.78 is 28.4. The van der Waals surface area contributed by atoms with Gasteiger partial charge in [0, 0.05) is 30.6 Å². The van der Waals surface area contributed by atoms with Crippen molar-refractivity contribution >= 4 is 22.9 Å². The van der Waals surface area contributed by atoms with Gasteiger partial charge in [-0.2, -0.15) is 0 Å². The van der Waals surface area contributed by atoms with Gasteiger partial charge in [0.05, 0.1) is 5.52 Å². The molecule has 0 bridgehead atoms. The van der Waals surface area contributed by atoms with Gasteiger partial charge in [0.1, 0.15) is 11.3 Å². The molecule has 1 aromatic heterocycles. The minimum Gasteiger partial charge on any atom is -0.369 e. The van der Waals surface area contributed by atoms with Crippen molar-refractivity contribution in [1.82, 2.24) is 14.9 Å². The first-order valence-electron chi connectivity index (χ1n) is 6.59. The highest BCUT2D eigenvalue weighted by Gasteiger charge is 2.17. The number of carbonyl (C=O) groups excluding carboxylic acids is 1. The Bertz CT molecular complexity index is 688. The van der Waals surface area contributed by atoms with Gasteiger partial charge in [-0.3, -0.25) is 4.79 Å². The van der Waals surface area contributed by atoms with Crippen LogP contribution in [-0.4, -0.2) is 21.0 Å². The van der Waals surface area contributed by atoms with E-state index in [1.54, 1.807) is 0 Å². The van der Waals surface area contributed by atoms with Crippen molar-refractivity contribution in [1.29, 1.82) is 0 Å². The summed E-state index contributed by atoms with van der Waals surface area (Å²) >= 11 is 0. The quantitative estimate of drug-likeness (QED) is 0.912. The van der Waals surface area contributed by atoms with Crippen molar-refractivity contribution < 1.29 is 13.6 Å². The Morgan fingerprint density at radius 3 is 2.67 bits per heavy atom. The number of nitrogens with one attached hydrogen (secondary N) is 1. The van der Waals surface area contributed by atoms with E-state index in [4.69, 9.17) is 5.73 Å². The molecular weight excluding hydrogens is 278 g/mol. The number of hydrogen-bond acceptors (Lipinski definition) is 3. The van der Waals surface area contributed by atoms with E-state index in [-0.39, 0.29) is 41.4 Å². The van der Waals surface area contributed by atoms with Crippen LogP contribution in [0.1, 0.15) is 27.2 Å². The lowest BCUT2D eigenvalue weighted by atomic mass is 10.1. The molecule has 0 spiro atoms. The fourth-order valence-electron chi connectivity index (χ4n) is 2.10. The lowest BCUT2D eigenvalue weighted by molar-refractivity contribution is -0.122. The summed E-state index contributed by atoms with van der Waals surface area (Å²) in [6.45, 7) is 5.82. The molecule has 0 radical (unpaired) electrons. The molecule has 0 saturated heterocycles. The molecule has 5 nitrogen and oxygen atoms in total. The van der Waals surface area contributed by atoms with Crippen molar-refractivity contribution in [3.8, 4) is 0 Å². The van der Waals surface area contributed by atoms with Crippen LogP contribution >= 0.6 is 0 Å². The number of fused-ring (bicyclic) bond motifs is 1. The number of benzene rings is 1. The predicted octanol–water partition coefficient (Wildman–Crippen LogP) is 2.20. The summed E-state index contributed by atoms with van der Waals surface area (Å²) in [5, 5.41) is 2.81. The van der Waals surface area contributed by atoms with E-state index >= 15 is 0 Å². The zero-order chi connectivity index (χ0) is 15.8. The van der Waals surface area contributed by atoms with E-state index in [0.717, 1.165) is 12.1 Å². The summed E-state index contributed by atoms with van der Waals surface area (Å²) in [6, 6.07) is 1.91. The summed E-state index contributed by atoms with van der Waals surface area (Å²) in [5.74, 6) is -1.59. The third kappa shape index (κ3) is 3.48. The maximum atomic E-state index is 13.6. The number of rotatable bonds is 3. The maximum Gasteiger partial charge on any atom is 0.222 e. The maximum absolute atomic E-state index is 13.6. The first-order chi connectivity index (χ1) is 9.67. The Morgan fingerprint density at radius 1 is 1.38 bits per heavy atom. The van der Waals surface area contributed by atoms with Gasteiger partial charge in [-0.25, -0.2) is 13.8 Å². The first-order valence-corrected chi connectivity index (χ1v) is 6.59. The van der Waals surface area contributed by atoms with Crippen LogP contribution in [0.15, 0.2) is 12.1 Å². The molecule has 0 atom stereocenters.